The van der Waals surface area contributed by atoms with E-state index in [0.717, 1.165) is 67.9 Å². The zero-order valence-electron chi connectivity index (χ0n) is 78.2. The van der Waals surface area contributed by atoms with Crippen LogP contribution in [0.5, 0.6) is 0 Å². The molecule has 0 bridgehead atoms. The molecule has 0 amide bonds. The normalized spacial score (nSPS) is 10.8. The van der Waals surface area contributed by atoms with Gasteiger partial charge in [0.15, 0.2) is 0 Å². The molecule has 0 aliphatic rings. The zero-order valence-corrected chi connectivity index (χ0v) is 78.2. The van der Waals surface area contributed by atoms with Gasteiger partial charge in [-0.05, 0) is 225 Å². The highest BCUT2D eigenvalue weighted by Crippen LogP contribution is 2.55. The Morgan fingerprint density at radius 2 is 0.262 bits per heavy atom. The smallest absolute Gasteiger partial charge is 0.0552 e. The third-order valence-electron chi connectivity index (χ3n) is 26.0. The molecule has 0 heterocycles. The Morgan fingerprint density at radius 1 is 0.0851 bits per heavy atom. The molecule has 23 rings (SSSR count). The van der Waals surface area contributed by atoms with Crippen molar-refractivity contribution in [1.29, 1.82) is 0 Å². The van der Waals surface area contributed by atoms with Gasteiger partial charge in [0.2, 0.25) is 0 Å². The summed E-state index contributed by atoms with van der Waals surface area (Å²) in [6.07, 6.45) is 0. The lowest BCUT2D eigenvalue weighted by atomic mass is 9.81. The van der Waals surface area contributed by atoms with Crippen LogP contribution in [0.2, 0.25) is 0 Å². The molecule has 0 N–H and O–H groups in total. The van der Waals surface area contributed by atoms with Gasteiger partial charge in [-0.2, -0.15) is 0 Å². The first-order chi connectivity index (χ1) is 70.0. The van der Waals surface area contributed by atoms with Crippen LogP contribution in [0.15, 0.2) is 613 Å². The van der Waals surface area contributed by atoms with Gasteiger partial charge >= 0.3 is 0 Å². The Kier molecular flexibility index (Phi) is 27.1. The van der Waals surface area contributed by atoms with Gasteiger partial charge in [-0.1, -0.05) is 522 Å². The molecule has 23 aromatic rings. The summed E-state index contributed by atoms with van der Waals surface area (Å²) in [4.78, 5) is 7.25. The summed E-state index contributed by atoms with van der Waals surface area (Å²) in [7, 11) is 0. The monoisotopic (exact) mass is 1800 g/mol. The first-order valence-corrected chi connectivity index (χ1v) is 48.2. The van der Waals surface area contributed by atoms with E-state index in [9.17, 15) is 0 Å². The average Bonchev–Trinajstić information content (AvgIpc) is 0.733. The summed E-state index contributed by atoms with van der Waals surface area (Å²) in [5.41, 5.74) is 43.1. The average molecular weight is 1800 g/mol. The van der Waals surface area contributed by atoms with E-state index < -0.39 is 0 Å². The zero-order chi connectivity index (χ0) is 94.5. The van der Waals surface area contributed by atoms with E-state index in [2.05, 4.69) is 627 Å². The first kappa shape index (κ1) is 89.0. The number of nitrogens with zero attached hydrogens (tertiary/aromatic N) is 3. The van der Waals surface area contributed by atoms with Crippen LogP contribution in [-0.2, 0) is 0 Å². The largest absolute Gasteiger partial charge is 0.310 e. The molecule has 3 heteroatoms. The van der Waals surface area contributed by atoms with E-state index >= 15 is 0 Å². The highest BCUT2D eigenvalue weighted by Gasteiger charge is 2.29. The Bertz CT molecular complexity index is 7850. The van der Waals surface area contributed by atoms with Crippen LogP contribution >= 0.6 is 0 Å². The molecular weight excluding hydrogens is 1700 g/mol. The van der Waals surface area contributed by atoms with Crippen molar-refractivity contribution in [3.63, 3.8) is 0 Å². The standard InChI is InChI=1S/C54H39N.2C42H31N/c1-7-19-40(20-8-1)42-31-35-48(36-32-42)55(49-37-33-43(34-38-49)41-21-9-2-10-22-41)51-39-50(44-23-11-3-12-24-44)52(45-25-13-4-14-26-45)54(47-29-17-6-18-30-47)53(51)46-27-15-5-16-28-46;1-5-15-32(16-6-1)36-23-13-25-39(29-36)43(40-26-14-24-37(30-40)33-17-7-2-8-18-33)42-31-38(34-19-9-3-10-20-34)27-28-41(42)35-21-11-4-12-22-35;1-5-14-32(15-6-1)35-24-27-39(28-25-35)43(40-23-13-22-37(30-40)33-16-7-2-8-17-33)42-31-38(34-18-9-3-10-19-34)26-29-41(42)36-20-11-4-12-21-36/h1-39H;2*1-31H. The molecule has 3 nitrogen and oxygen atoms in total. The molecule has 0 aromatic heterocycles. The lowest BCUT2D eigenvalue weighted by molar-refractivity contribution is 1.28. The Balaban J connectivity index is 0.000000127. The minimum atomic E-state index is 1.08. The van der Waals surface area contributed by atoms with Gasteiger partial charge in [0.25, 0.3) is 0 Å². The summed E-state index contributed by atoms with van der Waals surface area (Å²) in [6, 6.07) is 219. The molecule has 23 aromatic carbocycles. The fourth-order valence-electron chi connectivity index (χ4n) is 19.1. The number of rotatable bonds is 23. The number of anilines is 9. The lowest BCUT2D eigenvalue weighted by Gasteiger charge is -2.32. The molecule has 0 aliphatic carbocycles. The molecule has 668 valence electrons. The predicted molar refractivity (Wildman–Crippen MR) is 599 cm³/mol. The maximum atomic E-state index is 2.44. The minimum Gasteiger partial charge on any atom is -0.310 e. The summed E-state index contributed by atoms with van der Waals surface area (Å²) < 4.78 is 0. The van der Waals surface area contributed by atoms with E-state index in [1.165, 1.54) is 139 Å². The molecule has 0 fully saturated rings. The van der Waals surface area contributed by atoms with Gasteiger partial charge in [-0.25, -0.2) is 0 Å². The third-order valence-corrected chi connectivity index (χ3v) is 26.0. The quantitative estimate of drug-likeness (QED) is 0.0632. The highest BCUT2D eigenvalue weighted by atomic mass is 15.2. The topological polar surface area (TPSA) is 9.72 Å². The van der Waals surface area contributed by atoms with Crippen molar-refractivity contribution in [2.45, 2.75) is 0 Å². The second kappa shape index (κ2) is 43.0. The fourth-order valence-corrected chi connectivity index (χ4v) is 19.1. The third kappa shape index (κ3) is 20.4. The molecule has 0 saturated carbocycles. The Morgan fingerprint density at radius 3 is 0.525 bits per heavy atom. The summed E-state index contributed by atoms with van der Waals surface area (Å²) in [6.45, 7) is 0. The van der Waals surface area contributed by atoms with E-state index in [0.29, 0.717) is 0 Å². The molecule has 0 aliphatic heterocycles. The van der Waals surface area contributed by atoms with Crippen molar-refractivity contribution in [1.82, 2.24) is 0 Å². The van der Waals surface area contributed by atoms with Crippen LogP contribution in [0, 0.1) is 0 Å². The van der Waals surface area contributed by atoms with Crippen molar-refractivity contribution in [3.8, 4) is 156 Å². The highest BCUT2D eigenvalue weighted by molar-refractivity contribution is 6.09. The van der Waals surface area contributed by atoms with Crippen molar-refractivity contribution in [2.24, 2.45) is 0 Å². The van der Waals surface area contributed by atoms with Crippen LogP contribution in [0.4, 0.5) is 51.2 Å². The number of benzene rings is 23. The summed E-state index contributed by atoms with van der Waals surface area (Å²) in [5.74, 6) is 0. The summed E-state index contributed by atoms with van der Waals surface area (Å²) in [5, 5.41) is 0. The maximum absolute atomic E-state index is 2.44. The van der Waals surface area contributed by atoms with E-state index in [-0.39, 0.29) is 0 Å². The minimum absolute atomic E-state index is 1.08. The Hall–Kier alpha value is -18.5. The van der Waals surface area contributed by atoms with Gasteiger partial charge in [0.1, 0.15) is 0 Å². The van der Waals surface area contributed by atoms with Gasteiger partial charge in [-0.15, -0.1) is 0 Å². The van der Waals surface area contributed by atoms with Crippen LogP contribution < -0.4 is 14.7 Å². The molecule has 0 spiro atoms. The Labute approximate surface area is 828 Å². The molecular formula is C138H101N3. The van der Waals surface area contributed by atoms with Crippen LogP contribution in [0.3, 0.4) is 0 Å². The van der Waals surface area contributed by atoms with Gasteiger partial charge in [0, 0.05) is 56.4 Å². The number of hydrogen-bond donors (Lipinski definition) is 0. The molecule has 0 atom stereocenters. The first-order valence-electron chi connectivity index (χ1n) is 48.2. The molecule has 141 heavy (non-hydrogen) atoms. The van der Waals surface area contributed by atoms with Crippen LogP contribution in [0.25, 0.3) is 156 Å². The van der Waals surface area contributed by atoms with E-state index in [4.69, 9.17) is 0 Å². The number of hydrogen-bond acceptors (Lipinski definition) is 3. The van der Waals surface area contributed by atoms with Gasteiger partial charge < -0.3 is 14.7 Å². The predicted octanol–water partition coefficient (Wildman–Crippen LogP) is 38.8. The lowest BCUT2D eigenvalue weighted by Crippen LogP contribution is -2.13. The second-order valence-electron chi connectivity index (χ2n) is 35.0. The van der Waals surface area contributed by atoms with E-state index in [1.807, 2.05) is 0 Å². The van der Waals surface area contributed by atoms with E-state index in [1.54, 1.807) is 0 Å². The maximum Gasteiger partial charge on any atom is 0.0552 e. The van der Waals surface area contributed by atoms with Crippen molar-refractivity contribution >= 4 is 51.2 Å². The second-order valence-corrected chi connectivity index (χ2v) is 35.0. The fraction of sp³-hybridized carbons (Fsp3) is 0. The van der Waals surface area contributed by atoms with Crippen LogP contribution in [-0.4, -0.2) is 0 Å². The van der Waals surface area contributed by atoms with Crippen molar-refractivity contribution in [2.75, 3.05) is 14.7 Å². The van der Waals surface area contributed by atoms with Crippen molar-refractivity contribution in [3.05, 3.63) is 613 Å². The SMILES string of the molecule is c1ccc(-c2ccc(N(c3ccc(-c4ccccc4)cc3)c3cc(-c4ccccc4)c(-c4ccccc4)c(-c4ccccc4)c3-c3ccccc3)cc2)cc1.c1ccc(-c2ccc(N(c3cccc(-c4ccccc4)c3)c3cc(-c4ccccc4)ccc3-c3ccccc3)cc2)cc1.c1ccc(-c2cccc(N(c3cccc(-c4ccccc4)c3)c3cc(-c4ccccc4)ccc3-c3ccccc3)c2)cc1. The van der Waals surface area contributed by atoms with Crippen molar-refractivity contribution < 1.29 is 0 Å². The van der Waals surface area contributed by atoms with Gasteiger partial charge in [0.05, 0.1) is 17.1 Å². The molecule has 0 unspecified atom stereocenters. The van der Waals surface area contributed by atoms with Gasteiger partial charge in [-0.3, -0.25) is 0 Å². The summed E-state index contributed by atoms with van der Waals surface area (Å²) >= 11 is 0. The molecule has 0 radical (unpaired) electrons. The molecule has 0 saturated heterocycles. The van der Waals surface area contributed by atoms with Crippen LogP contribution in [0.1, 0.15) is 0 Å².